The molecule has 0 heterocycles. The summed E-state index contributed by atoms with van der Waals surface area (Å²) in [5, 5.41) is -7.17. The first-order chi connectivity index (χ1) is 10.6. The van der Waals surface area contributed by atoms with Crippen LogP contribution in [0, 0.1) is 0 Å². The molecule has 0 aliphatic heterocycles. The first kappa shape index (κ1) is 23.7. The molecule has 0 aliphatic rings. The van der Waals surface area contributed by atoms with Crippen LogP contribution in [0.2, 0.25) is 0 Å². The van der Waals surface area contributed by atoms with Crippen LogP contribution >= 0.6 is 0 Å². The highest BCUT2D eigenvalue weighted by molar-refractivity contribution is 7.86. The molecule has 1 atom stereocenters. The third-order valence-electron chi connectivity index (χ3n) is 2.14. The summed E-state index contributed by atoms with van der Waals surface area (Å²) in [5.41, 5.74) is 0. The predicted molar refractivity (Wildman–Crippen MR) is 47.7 cm³/mol. The minimum atomic E-state index is -7.61. The van der Waals surface area contributed by atoms with E-state index in [1.165, 1.54) is 4.74 Å². The van der Waals surface area contributed by atoms with Crippen molar-refractivity contribution in [3.8, 4) is 0 Å². The van der Waals surface area contributed by atoms with E-state index in [4.69, 9.17) is 4.55 Å². The van der Waals surface area contributed by atoms with Crippen molar-refractivity contribution in [3.05, 3.63) is 11.9 Å². The van der Waals surface area contributed by atoms with Gasteiger partial charge >= 0.3 is 45.5 Å². The van der Waals surface area contributed by atoms with Crippen LogP contribution in [0.3, 0.4) is 0 Å². The van der Waals surface area contributed by atoms with E-state index in [1.807, 2.05) is 0 Å². The number of hydrogen-bond acceptors (Lipinski definition) is 3. The SMILES string of the molecule is O=S(=O)(O)C(F)(F)C(F)(F)OC(F)(C(F)(F)F)C(F)(F)C(F)=C(F)F. The average Bonchev–Trinajstić information content (AvgIpc) is 2.33. The van der Waals surface area contributed by atoms with E-state index in [1.54, 1.807) is 0 Å². The second-order valence-electron chi connectivity index (χ2n) is 3.85. The van der Waals surface area contributed by atoms with Crippen molar-refractivity contribution in [2.24, 2.45) is 0 Å². The summed E-state index contributed by atoms with van der Waals surface area (Å²) in [6, 6.07) is 0. The second kappa shape index (κ2) is 6.15. The zero-order valence-electron chi connectivity index (χ0n) is 10.5. The molecule has 0 aromatic rings. The maximum atomic E-state index is 13.3. The number of alkyl halides is 10. The van der Waals surface area contributed by atoms with E-state index in [-0.39, 0.29) is 0 Å². The van der Waals surface area contributed by atoms with Gasteiger partial charge in [-0.05, 0) is 0 Å². The third kappa shape index (κ3) is 3.78. The third-order valence-corrected chi connectivity index (χ3v) is 3.03. The highest BCUT2D eigenvalue weighted by Crippen LogP contribution is 2.55. The Morgan fingerprint density at radius 3 is 1.40 bits per heavy atom. The van der Waals surface area contributed by atoms with Crippen molar-refractivity contribution < 1.29 is 74.8 Å². The zero-order valence-corrected chi connectivity index (χ0v) is 11.3. The molecule has 0 amide bonds. The molecule has 4 nitrogen and oxygen atoms in total. The Morgan fingerprint density at radius 1 is 0.800 bits per heavy atom. The Bertz CT molecular complexity index is 646. The van der Waals surface area contributed by atoms with Gasteiger partial charge in [-0.3, -0.25) is 9.29 Å². The van der Waals surface area contributed by atoms with Gasteiger partial charge in [0, 0.05) is 0 Å². The van der Waals surface area contributed by atoms with E-state index in [0.29, 0.717) is 0 Å². The van der Waals surface area contributed by atoms with Crippen molar-refractivity contribution in [2.45, 2.75) is 29.3 Å². The van der Waals surface area contributed by atoms with Crippen molar-refractivity contribution in [2.75, 3.05) is 0 Å². The second-order valence-corrected chi connectivity index (χ2v) is 5.32. The summed E-state index contributed by atoms with van der Waals surface area (Å²) in [5.74, 6) is -19.6. The van der Waals surface area contributed by atoms with Crippen molar-refractivity contribution in [1.29, 1.82) is 0 Å². The quantitative estimate of drug-likeness (QED) is 0.513. The molecular formula is C7HF13O4S. The highest BCUT2D eigenvalue weighted by Gasteiger charge is 2.82. The van der Waals surface area contributed by atoms with Gasteiger partial charge in [-0.25, -0.2) is 0 Å². The number of hydrogen-bond donors (Lipinski definition) is 1. The zero-order chi connectivity index (χ0) is 20.9. The van der Waals surface area contributed by atoms with Gasteiger partial charge in [-0.1, -0.05) is 0 Å². The summed E-state index contributed by atoms with van der Waals surface area (Å²) < 4.78 is 192. The van der Waals surface area contributed by atoms with Gasteiger partial charge in [-0.15, -0.1) is 0 Å². The first-order valence-corrected chi connectivity index (χ1v) is 6.28. The molecule has 0 radical (unpaired) electrons. The van der Waals surface area contributed by atoms with Gasteiger partial charge in [0.2, 0.25) is 5.83 Å². The molecule has 25 heavy (non-hydrogen) atoms. The Labute approximate surface area is 127 Å². The standard InChI is InChI=1S/C7HF13O4S/c8-1(2(9)10)3(11,12)4(13,5(14,15)16)24-6(17,18)7(19,20)25(21,22)23/h(H,21,22,23). The Morgan fingerprint density at radius 2 is 1.16 bits per heavy atom. The Kier molecular flexibility index (Phi) is 5.83. The lowest BCUT2D eigenvalue weighted by atomic mass is 10.1. The normalized spacial score (nSPS) is 17.2. The first-order valence-electron chi connectivity index (χ1n) is 4.84. The van der Waals surface area contributed by atoms with Gasteiger partial charge in [0.05, 0.1) is 0 Å². The van der Waals surface area contributed by atoms with Crippen LogP contribution < -0.4 is 0 Å². The molecular weight excluding hydrogens is 427 g/mol. The number of halogens is 13. The molecule has 0 fully saturated rings. The lowest BCUT2D eigenvalue weighted by Crippen LogP contribution is -2.63. The summed E-state index contributed by atoms with van der Waals surface area (Å²) in [7, 11) is -7.40. The minimum Gasteiger partial charge on any atom is -0.281 e. The maximum Gasteiger partial charge on any atom is 0.460 e. The summed E-state index contributed by atoms with van der Waals surface area (Å²) >= 11 is 0. The molecule has 0 aromatic carbocycles. The summed E-state index contributed by atoms with van der Waals surface area (Å²) in [4.78, 5) is 0. The van der Waals surface area contributed by atoms with Gasteiger partial charge in [-0.2, -0.15) is 65.5 Å². The van der Waals surface area contributed by atoms with Gasteiger partial charge < -0.3 is 0 Å². The molecule has 0 aromatic heterocycles. The molecule has 18 heteroatoms. The van der Waals surface area contributed by atoms with Crippen LogP contribution in [0.4, 0.5) is 57.1 Å². The average molecular weight is 428 g/mol. The fourth-order valence-corrected chi connectivity index (χ4v) is 1.29. The van der Waals surface area contributed by atoms with E-state index in [2.05, 4.69) is 0 Å². The molecule has 1 N–H and O–H groups in total. The molecule has 1 unspecified atom stereocenters. The fraction of sp³-hybridized carbons (Fsp3) is 0.714. The topological polar surface area (TPSA) is 63.6 Å². The largest absolute Gasteiger partial charge is 0.460 e. The van der Waals surface area contributed by atoms with Crippen LogP contribution in [0.1, 0.15) is 0 Å². The Hall–Kier alpha value is -1.30. The highest BCUT2D eigenvalue weighted by atomic mass is 32.2. The Balaban J connectivity index is 6.54. The molecule has 0 saturated heterocycles. The van der Waals surface area contributed by atoms with Crippen molar-refractivity contribution in [1.82, 2.24) is 0 Å². The van der Waals surface area contributed by atoms with Crippen LogP contribution in [0.5, 0.6) is 0 Å². The molecule has 0 bridgehead atoms. The van der Waals surface area contributed by atoms with Crippen molar-refractivity contribution in [3.63, 3.8) is 0 Å². The fourth-order valence-electron chi connectivity index (χ4n) is 0.946. The van der Waals surface area contributed by atoms with E-state index in [0.717, 1.165) is 0 Å². The summed E-state index contributed by atoms with van der Waals surface area (Å²) in [6.45, 7) is 0. The molecule has 0 aliphatic carbocycles. The maximum absolute atomic E-state index is 13.3. The van der Waals surface area contributed by atoms with Crippen LogP contribution in [-0.4, -0.2) is 42.3 Å². The van der Waals surface area contributed by atoms with E-state index >= 15 is 0 Å². The van der Waals surface area contributed by atoms with Crippen LogP contribution in [-0.2, 0) is 14.9 Å². The monoisotopic (exact) mass is 428 g/mol. The summed E-state index contributed by atoms with van der Waals surface area (Å²) in [6.07, 6.45) is -19.4. The van der Waals surface area contributed by atoms with Gasteiger partial charge in [0.1, 0.15) is 0 Å². The predicted octanol–water partition coefficient (Wildman–Crippen LogP) is 4.02. The molecule has 0 saturated carbocycles. The van der Waals surface area contributed by atoms with Gasteiger partial charge in [0.25, 0.3) is 0 Å². The minimum absolute atomic E-state index is 1.45. The number of ether oxygens (including phenoxy) is 1. The van der Waals surface area contributed by atoms with Gasteiger partial charge in [0.15, 0.2) is 0 Å². The smallest absolute Gasteiger partial charge is 0.281 e. The lowest BCUT2D eigenvalue weighted by Gasteiger charge is -2.36. The molecule has 0 spiro atoms. The number of rotatable bonds is 6. The van der Waals surface area contributed by atoms with E-state index in [9.17, 15) is 65.5 Å². The van der Waals surface area contributed by atoms with Crippen LogP contribution in [0.15, 0.2) is 11.9 Å². The molecule has 150 valence electrons. The van der Waals surface area contributed by atoms with E-state index < -0.39 is 51.3 Å². The molecule has 0 rings (SSSR count). The lowest BCUT2D eigenvalue weighted by molar-refractivity contribution is -0.473. The van der Waals surface area contributed by atoms with Crippen LogP contribution in [0.25, 0.3) is 0 Å². The van der Waals surface area contributed by atoms with Crippen molar-refractivity contribution >= 4 is 10.1 Å².